The summed E-state index contributed by atoms with van der Waals surface area (Å²) in [6, 6.07) is 14.6. The minimum atomic E-state index is -1.73. The highest BCUT2D eigenvalue weighted by atomic mass is 16.5. The quantitative estimate of drug-likeness (QED) is 0.891. The molecule has 4 nitrogen and oxygen atoms in total. The fraction of sp³-hybridized carbons (Fsp3) is 0.278. The largest absolute Gasteiger partial charge is 0.489 e. The molecule has 0 saturated heterocycles. The maximum Gasteiger partial charge on any atom is 0.260 e. The normalized spacial score (nSPS) is 13.3. The van der Waals surface area contributed by atoms with Gasteiger partial charge in [0.2, 0.25) is 5.60 Å². The summed E-state index contributed by atoms with van der Waals surface area (Å²) in [7, 11) is 1.49. The van der Waals surface area contributed by atoms with Crippen molar-refractivity contribution in [2.75, 3.05) is 13.7 Å². The van der Waals surface area contributed by atoms with E-state index < -0.39 is 11.5 Å². The lowest BCUT2D eigenvalue weighted by atomic mass is 9.93. The third-order valence-electron chi connectivity index (χ3n) is 3.63. The van der Waals surface area contributed by atoms with E-state index in [1.165, 1.54) is 7.05 Å². The van der Waals surface area contributed by atoms with Crippen molar-refractivity contribution in [3.8, 4) is 5.75 Å². The van der Waals surface area contributed by atoms with Crippen molar-refractivity contribution >= 4 is 5.91 Å². The van der Waals surface area contributed by atoms with Gasteiger partial charge in [0.05, 0.1) is 0 Å². The Labute approximate surface area is 130 Å². The molecule has 22 heavy (non-hydrogen) atoms. The SMILES string of the molecule is CNC(=O)C(O)(COc1cc(C)ccc1C)c1ccccc1. The zero-order chi connectivity index (χ0) is 16.2. The van der Waals surface area contributed by atoms with Crippen LogP contribution in [0.15, 0.2) is 48.5 Å². The number of hydrogen-bond acceptors (Lipinski definition) is 3. The second-order valence-electron chi connectivity index (χ2n) is 5.36. The average Bonchev–Trinajstić information content (AvgIpc) is 2.55. The molecule has 116 valence electrons. The Hall–Kier alpha value is -2.33. The van der Waals surface area contributed by atoms with Gasteiger partial charge in [-0.2, -0.15) is 0 Å². The third-order valence-corrected chi connectivity index (χ3v) is 3.63. The number of hydrogen-bond donors (Lipinski definition) is 2. The summed E-state index contributed by atoms with van der Waals surface area (Å²) in [5, 5.41) is 13.3. The standard InChI is InChI=1S/C18H21NO3/c1-13-9-10-14(2)16(11-13)22-12-18(21,17(20)19-3)15-7-5-4-6-8-15/h4-11,21H,12H2,1-3H3,(H,19,20). The number of rotatable bonds is 5. The molecule has 0 aromatic heterocycles. The third kappa shape index (κ3) is 3.28. The lowest BCUT2D eigenvalue weighted by Crippen LogP contribution is -2.47. The van der Waals surface area contributed by atoms with E-state index in [0.29, 0.717) is 11.3 Å². The van der Waals surface area contributed by atoms with Crippen molar-refractivity contribution in [1.29, 1.82) is 0 Å². The van der Waals surface area contributed by atoms with Crippen molar-refractivity contribution in [1.82, 2.24) is 5.32 Å². The molecular weight excluding hydrogens is 278 g/mol. The molecule has 0 aliphatic heterocycles. The number of benzene rings is 2. The molecule has 2 rings (SSSR count). The monoisotopic (exact) mass is 299 g/mol. The van der Waals surface area contributed by atoms with Gasteiger partial charge in [-0.05, 0) is 36.6 Å². The first-order chi connectivity index (χ1) is 10.5. The lowest BCUT2D eigenvalue weighted by molar-refractivity contribution is -0.143. The fourth-order valence-electron chi connectivity index (χ4n) is 2.25. The molecule has 0 fully saturated rings. The van der Waals surface area contributed by atoms with E-state index in [-0.39, 0.29) is 6.61 Å². The van der Waals surface area contributed by atoms with Crippen molar-refractivity contribution in [3.63, 3.8) is 0 Å². The minimum absolute atomic E-state index is 0.152. The molecular formula is C18H21NO3. The number of carbonyl (C=O) groups excluding carboxylic acids is 1. The highest BCUT2D eigenvalue weighted by Gasteiger charge is 2.38. The van der Waals surface area contributed by atoms with Crippen LogP contribution in [0, 0.1) is 13.8 Å². The van der Waals surface area contributed by atoms with Crippen LogP contribution in [0.25, 0.3) is 0 Å². The molecule has 0 saturated carbocycles. The Morgan fingerprint density at radius 2 is 1.86 bits per heavy atom. The van der Waals surface area contributed by atoms with Gasteiger partial charge in [0.15, 0.2) is 0 Å². The van der Waals surface area contributed by atoms with Crippen LogP contribution in [0.1, 0.15) is 16.7 Å². The van der Waals surface area contributed by atoms with E-state index in [4.69, 9.17) is 4.74 Å². The van der Waals surface area contributed by atoms with Gasteiger partial charge in [-0.25, -0.2) is 0 Å². The van der Waals surface area contributed by atoms with Crippen LogP contribution in [0.5, 0.6) is 5.75 Å². The molecule has 4 heteroatoms. The van der Waals surface area contributed by atoms with Crippen LogP contribution in [0.4, 0.5) is 0 Å². The fourth-order valence-corrected chi connectivity index (χ4v) is 2.25. The first-order valence-corrected chi connectivity index (χ1v) is 7.17. The van der Waals surface area contributed by atoms with Gasteiger partial charge in [-0.3, -0.25) is 4.79 Å². The second-order valence-corrected chi connectivity index (χ2v) is 5.36. The molecule has 0 radical (unpaired) electrons. The highest BCUT2D eigenvalue weighted by molar-refractivity contribution is 5.86. The van der Waals surface area contributed by atoms with Crippen LogP contribution in [-0.2, 0) is 10.4 Å². The number of aryl methyl sites for hydroxylation is 2. The van der Waals surface area contributed by atoms with Crippen LogP contribution in [0.2, 0.25) is 0 Å². The maximum atomic E-state index is 12.2. The Morgan fingerprint density at radius 3 is 2.50 bits per heavy atom. The lowest BCUT2D eigenvalue weighted by Gasteiger charge is -2.27. The van der Waals surface area contributed by atoms with Gasteiger partial charge in [0.25, 0.3) is 5.91 Å². The van der Waals surface area contributed by atoms with Crippen molar-refractivity contribution in [2.45, 2.75) is 19.4 Å². The summed E-state index contributed by atoms with van der Waals surface area (Å²) in [6.07, 6.45) is 0. The van der Waals surface area contributed by atoms with E-state index in [9.17, 15) is 9.90 Å². The summed E-state index contributed by atoms with van der Waals surface area (Å²) < 4.78 is 5.75. The molecule has 2 aromatic carbocycles. The van der Waals surface area contributed by atoms with Gasteiger partial charge in [0.1, 0.15) is 12.4 Å². The van der Waals surface area contributed by atoms with Crippen molar-refractivity contribution in [3.05, 3.63) is 65.2 Å². The molecule has 1 atom stereocenters. The zero-order valence-corrected chi connectivity index (χ0v) is 13.1. The average molecular weight is 299 g/mol. The summed E-state index contributed by atoms with van der Waals surface area (Å²) in [5.74, 6) is 0.169. The first-order valence-electron chi connectivity index (χ1n) is 7.17. The number of nitrogens with one attached hydrogen (secondary N) is 1. The van der Waals surface area contributed by atoms with Crippen molar-refractivity contribution < 1.29 is 14.6 Å². The molecule has 0 spiro atoms. The maximum absolute atomic E-state index is 12.2. The smallest absolute Gasteiger partial charge is 0.260 e. The number of carbonyl (C=O) groups is 1. The zero-order valence-electron chi connectivity index (χ0n) is 13.1. The van der Waals surface area contributed by atoms with Crippen LogP contribution in [-0.4, -0.2) is 24.7 Å². The van der Waals surface area contributed by atoms with Crippen LogP contribution < -0.4 is 10.1 Å². The number of likely N-dealkylation sites (N-methyl/N-ethyl adjacent to an activating group) is 1. The Balaban J connectivity index is 2.28. The molecule has 0 bridgehead atoms. The van der Waals surface area contributed by atoms with E-state index in [1.54, 1.807) is 24.3 Å². The summed E-state index contributed by atoms with van der Waals surface area (Å²) in [6.45, 7) is 3.74. The Morgan fingerprint density at radius 1 is 1.18 bits per heavy atom. The van der Waals surface area contributed by atoms with Gasteiger partial charge in [0, 0.05) is 7.05 Å². The van der Waals surface area contributed by atoms with Crippen molar-refractivity contribution in [2.24, 2.45) is 0 Å². The van der Waals surface area contributed by atoms with E-state index in [1.807, 2.05) is 38.1 Å². The summed E-state index contributed by atoms with van der Waals surface area (Å²) in [5.41, 5.74) is 0.785. The predicted molar refractivity (Wildman–Crippen MR) is 85.8 cm³/mol. The summed E-state index contributed by atoms with van der Waals surface area (Å²) >= 11 is 0. The minimum Gasteiger partial charge on any atom is -0.489 e. The van der Waals surface area contributed by atoms with Crippen LogP contribution >= 0.6 is 0 Å². The molecule has 0 aliphatic rings. The van der Waals surface area contributed by atoms with E-state index in [2.05, 4.69) is 5.32 Å². The molecule has 1 unspecified atom stereocenters. The highest BCUT2D eigenvalue weighted by Crippen LogP contribution is 2.25. The predicted octanol–water partition coefficient (Wildman–Crippen LogP) is 2.32. The van der Waals surface area contributed by atoms with Gasteiger partial charge in [-0.15, -0.1) is 0 Å². The molecule has 0 heterocycles. The Bertz CT molecular complexity index is 655. The molecule has 0 aliphatic carbocycles. The van der Waals surface area contributed by atoms with E-state index >= 15 is 0 Å². The number of aliphatic hydroxyl groups is 1. The molecule has 1 amide bonds. The summed E-state index contributed by atoms with van der Waals surface area (Å²) in [4.78, 5) is 12.2. The van der Waals surface area contributed by atoms with Gasteiger partial charge < -0.3 is 15.2 Å². The second kappa shape index (κ2) is 6.62. The topological polar surface area (TPSA) is 58.6 Å². The van der Waals surface area contributed by atoms with E-state index in [0.717, 1.165) is 11.1 Å². The first kappa shape index (κ1) is 16.0. The van der Waals surface area contributed by atoms with Gasteiger partial charge >= 0.3 is 0 Å². The molecule has 2 N–H and O–H groups in total. The number of amides is 1. The molecule has 2 aromatic rings. The Kier molecular flexibility index (Phi) is 4.83. The van der Waals surface area contributed by atoms with Gasteiger partial charge in [-0.1, -0.05) is 42.5 Å². The van der Waals surface area contributed by atoms with Crippen LogP contribution in [0.3, 0.4) is 0 Å². The number of ether oxygens (including phenoxy) is 1.